The van der Waals surface area contributed by atoms with Crippen molar-refractivity contribution in [3.63, 3.8) is 0 Å². The molecule has 19 heavy (non-hydrogen) atoms. The number of nitrogens with zero attached hydrogens (tertiary/aromatic N) is 1. The number of carbonyl (C=O) groups excluding carboxylic acids is 1. The summed E-state index contributed by atoms with van der Waals surface area (Å²) < 4.78 is 16.3. The normalized spacial score (nSPS) is 29.4. The molecule has 5 heteroatoms. The number of ether oxygens (including phenoxy) is 3. The van der Waals surface area contributed by atoms with Crippen molar-refractivity contribution in [1.82, 2.24) is 0 Å². The predicted molar refractivity (Wildman–Crippen MR) is 68.4 cm³/mol. The Morgan fingerprint density at radius 1 is 1.32 bits per heavy atom. The van der Waals surface area contributed by atoms with Crippen molar-refractivity contribution in [1.29, 1.82) is 0 Å². The summed E-state index contributed by atoms with van der Waals surface area (Å²) in [6.45, 7) is 1.82. The van der Waals surface area contributed by atoms with Gasteiger partial charge in [-0.1, -0.05) is 18.2 Å². The monoisotopic (exact) mass is 261 g/mol. The summed E-state index contributed by atoms with van der Waals surface area (Å²) in [4.78, 5) is 13.7. The minimum Gasteiger partial charge on any atom is -0.433 e. The van der Waals surface area contributed by atoms with Gasteiger partial charge in [0.2, 0.25) is 0 Å². The molecular weight excluding hydrogens is 246 g/mol. The second kappa shape index (κ2) is 4.28. The number of anilines is 1. The van der Waals surface area contributed by atoms with Crippen LogP contribution in [-0.4, -0.2) is 25.2 Å². The molecule has 100 valence electrons. The summed E-state index contributed by atoms with van der Waals surface area (Å²) in [5.41, 5.74) is 0.771. The van der Waals surface area contributed by atoms with Crippen molar-refractivity contribution in [2.24, 2.45) is 0 Å². The lowest BCUT2D eigenvalue weighted by atomic mass is 10.1. The average Bonchev–Trinajstić information content (AvgIpc) is 2.71. The summed E-state index contributed by atoms with van der Waals surface area (Å²) >= 11 is 0. The topological polar surface area (TPSA) is 48.0 Å². The predicted octanol–water partition coefficient (Wildman–Crippen LogP) is 2.64. The molecule has 0 N–H and O–H groups in total. The molecule has 3 rings (SSSR count). The standard InChI is InChI=1S/C14H15NO4/c1-10-8-9-12-14(17-2,18-10)19-13(16)15(12)11-6-4-3-5-7-11/h3-8,12H,9H2,1-2H3. The van der Waals surface area contributed by atoms with Crippen molar-refractivity contribution >= 4 is 11.8 Å². The van der Waals surface area contributed by atoms with Crippen molar-refractivity contribution < 1.29 is 19.0 Å². The fourth-order valence-electron chi connectivity index (χ4n) is 2.50. The molecule has 5 nitrogen and oxygen atoms in total. The Hall–Kier alpha value is -2.01. The highest BCUT2D eigenvalue weighted by Crippen LogP contribution is 2.41. The number of hydrogen-bond acceptors (Lipinski definition) is 4. The SMILES string of the molecule is COC12OC(=O)N(c3ccccc3)C1CC=C(C)O2. The lowest BCUT2D eigenvalue weighted by molar-refractivity contribution is -0.326. The van der Waals surface area contributed by atoms with E-state index in [1.54, 1.807) is 4.90 Å². The largest absolute Gasteiger partial charge is 0.433 e. The van der Waals surface area contributed by atoms with E-state index >= 15 is 0 Å². The third-order valence-corrected chi connectivity index (χ3v) is 3.40. The first-order chi connectivity index (χ1) is 9.16. The zero-order chi connectivity index (χ0) is 13.5. The Morgan fingerprint density at radius 2 is 2.05 bits per heavy atom. The Labute approximate surface area is 111 Å². The van der Waals surface area contributed by atoms with Crippen molar-refractivity contribution in [2.45, 2.75) is 25.4 Å². The molecule has 1 saturated heterocycles. The van der Waals surface area contributed by atoms with Crippen LogP contribution < -0.4 is 4.90 Å². The van der Waals surface area contributed by atoms with Gasteiger partial charge < -0.3 is 14.2 Å². The zero-order valence-corrected chi connectivity index (χ0v) is 10.8. The average molecular weight is 261 g/mol. The summed E-state index contributed by atoms with van der Waals surface area (Å²) in [6.07, 6.45) is 2.10. The van der Waals surface area contributed by atoms with Crippen LogP contribution in [-0.2, 0) is 14.2 Å². The quantitative estimate of drug-likeness (QED) is 0.821. The number of rotatable bonds is 2. The Morgan fingerprint density at radius 3 is 2.74 bits per heavy atom. The van der Waals surface area contributed by atoms with Gasteiger partial charge in [0, 0.05) is 19.2 Å². The van der Waals surface area contributed by atoms with Gasteiger partial charge in [0.25, 0.3) is 0 Å². The number of methoxy groups -OCH3 is 1. The molecule has 0 bridgehead atoms. The highest BCUT2D eigenvalue weighted by molar-refractivity contribution is 5.91. The molecule has 2 aliphatic heterocycles. The van der Waals surface area contributed by atoms with E-state index in [1.807, 2.05) is 43.3 Å². The van der Waals surface area contributed by atoms with E-state index in [4.69, 9.17) is 14.2 Å². The Balaban J connectivity index is 2.01. The number of hydrogen-bond donors (Lipinski definition) is 0. The maximum Gasteiger partial charge on any atom is 0.420 e. The van der Waals surface area contributed by atoms with Gasteiger partial charge in [-0.05, 0) is 25.1 Å². The summed E-state index contributed by atoms with van der Waals surface area (Å²) in [6, 6.07) is 9.04. The highest BCUT2D eigenvalue weighted by atomic mass is 16.9. The fourth-order valence-corrected chi connectivity index (χ4v) is 2.50. The number of fused-ring (bicyclic) bond motifs is 1. The number of allylic oxidation sites excluding steroid dienone is 1. The van der Waals surface area contributed by atoms with Gasteiger partial charge in [0.05, 0.1) is 5.76 Å². The van der Waals surface area contributed by atoms with Gasteiger partial charge in [-0.3, -0.25) is 4.90 Å². The van der Waals surface area contributed by atoms with E-state index in [0.717, 1.165) is 5.69 Å². The van der Waals surface area contributed by atoms with Crippen LogP contribution in [0.4, 0.5) is 10.5 Å². The summed E-state index contributed by atoms with van der Waals surface area (Å²) in [5, 5.41) is 0. The first kappa shape index (κ1) is 12.0. The van der Waals surface area contributed by atoms with Crippen molar-refractivity contribution in [2.75, 3.05) is 12.0 Å². The second-order valence-corrected chi connectivity index (χ2v) is 4.55. The van der Waals surface area contributed by atoms with Crippen LogP contribution >= 0.6 is 0 Å². The lowest BCUT2D eigenvalue weighted by Gasteiger charge is -2.35. The number of amides is 1. The first-order valence-electron chi connectivity index (χ1n) is 6.14. The van der Waals surface area contributed by atoms with Crippen LogP contribution in [0.25, 0.3) is 0 Å². The molecule has 0 aliphatic carbocycles. The van der Waals surface area contributed by atoms with Crippen molar-refractivity contribution in [3.8, 4) is 0 Å². The van der Waals surface area contributed by atoms with E-state index < -0.39 is 12.1 Å². The maximum atomic E-state index is 12.1. The molecule has 2 heterocycles. The van der Waals surface area contributed by atoms with Gasteiger partial charge in [0.1, 0.15) is 0 Å². The van der Waals surface area contributed by atoms with Gasteiger partial charge in [-0.25, -0.2) is 4.79 Å². The van der Waals surface area contributed by atoms with E-state index in [0.29, 0.717) is 12.2 Å². The molecule has 1 fully saturated rings. The third-order valence-electron chi connectivity index (χ3n) is 3.40. The zero-order valence-electron chi connectivity index (χ0n) is 10.8. The smallest absolute Gasteiger partial charge is 0.420 e. The minimum atomic E-state index is -1.34. The van der Waals surface area contributed by atoms with Gasteiger partial charge in [-0.2, -0.15) is 0 Å². The van der Waals surface area contributed by atoms with Gasteiger partial charge >= 0.3 is 12.1 Å². The minimum absolute atomic E-state index is 0.323. The number of carbonyl (C=O) groups is 1. The highest BCUT2D eigenvalue weighted by Gasteiger charge is 2.59. The molecule has 2 aliphatic rings. The summed E-state index contributed by atoms with van der Waals surface area (Å²) in [5.74, 6) is -0.646. The molecule has 0 aromatic heterocycles. The maximum absolute atomic E-state index is 12.1. The van der Waals surface area contributed by atoms with Crippen LogP contribution in [0.1, 0.15) is 13.3 Å². The molecular formula is C14H15NO4. The van der Waals surface area contributed by atoms with E-state index in [2.05, 4.69) is 0 Å². The van der Waals surface area contributed by atoms with Crippen LogP contribution in [0.5, 0.6) is 0 Å². The number of benzene rings is 1. The summed E-state index contributed by atoms with van der Waals surface area (Å²) in [7, 11) is 1.48. The lowest BCUT2D eigenvalue weighted by Crippen LogP contribution is -2.50. The fraction of sp³-hybridized carbons (Fsp3) is 0.357. The molecule has 1 amide bonds. The van der Waals surface area contributed by atoms with Gasteiger partial charge in [0.15, 0.2) is 6.04 Å². The molecule has 2 atom stereocenters. The van der Waals surface area contributed by atoms with E-state index in [-0.39, 0.29) is 6.04 Å². The molecule has 0 radical (unpaired) electrons. The van der Waals surface area contributed by atoms with Crippen LogP contribution in [0.3, 0.4) is 0 Å². The van der Waals surface area contributed by atoms with Crippen LogP contribution in [0.2, 0.25) is 0 Å². The Bertz CT molecular complexity index is 528. The van der Waals surface area contributed by atoms with Crippen molar-refractivity contribution in [3.05, 3.63) is 42.2 Å². The molecule has 1 aromatic carbocycles. The van der Waals surface area contributed by atoms with Gasteiger partial charge in [-0.15, -0.1) is 0 Å². The Kier molecular flexibility index (Phi) is 2.71. The second-order valence-electron chi connectivity index (χ2n) is 4.55. The van der Waals surface area contributed by atoms with E-state index in [1.165, 1.54) is 7.11 Å². The number of para-hydroxylation sites is 1. The molecule has 0 saturated carbocycles. The van der Waals surface area contributed by atoms with Crippen LogP contribution in [0, 0.1) is 0 Å². The third kappa shape index (κ3) is 1.77. The van der Waals surface area contributed by atoms with Crippen LogP contribution in [0.15, 0.2) is 42.2 Å². The molecule has 0 spiro atoms. The first-order valence-corrected chi connectivity index (χ1v) is 6.14. The molecule has 2 unspecified atom stereocenters. The molecule has 1 aromatic rings. The van der Waals surface area contributed by atoms with E-state index in [9.17, 15) is 4.79 Å².